The monoisotopic (exact) mass is 264 g/mol. The number of hydrogen-bond donors (Lipinski definition) is 1. The van der Waals surface area contributed by atoms with E-state index in [2.05, 4.69) is 5.10 Å². The lowest BCUT2D eigenvalue weighted by Crippen LogP contribution is -2.13. The van der Waals surface area contributed by atoms with Gasteiger partial charge in [0.2, 0.25) is 5.82 Å². The summed E-state index contributed by atoms with van der Waals surface area (Å²) < 4.78 is 15.0. The van der Waals surface area contributed by atoms with Crippen LogP contribution in [0.1, 0.15) is 24.2 Å². The van der Waals surface area contributed by atoms with Gasteiger partial charge in [-0.2, -0.15) is 5.10 Å². The van der Waals surface area contributed by atoms with Crippen LogP contribution in [0, 0.1) is 22.9 Å². The second kappa shape index (κ2) is 4.68. The van der Waals surface area contributed by atoms with Crippen molar-refractivity contribution in [3.8, 4) is 0 Å². The van der Waals surface area contributed by atoms with E-state index in [-0.39, 0.29) is 17.2 Å². The van der Waals surface area contributed by atoms with Crippen LogP contribution in [-0.4, -0.2) is 14.7 Å². The first-order valence-electron chi connectivity index (χ1n) is 5.67. The number of nitro groups is 1. The number of benzene rings is 1. The maximum atomic E-state index is 13.7. The first kappa shape index (κ1) is 13.0. The van der Waals surface area contributed by atoms with Crippen LogP contribution in [0.4, 0.5) is 15.9 Å². The molecule has 0 aliphatic heterocycles. The highest BCUT2D eigenvalue weighted by Gasteiger charge is 2.26. The molecule has 2 rings (SSSR count). The second-order valence-corrected chi connectivity index (χ2v) is 4.22. The average molecular weight is 264 g/mol. The molecule has 0 spiro atoms. The molecule has 0 amide bonds. The second-order valence-electron chi connectivity index (χ2n) is 4.22. The van der Waals surface area contributed by atoms with Crippen molar-refractivity contribution < 1.29 is 9.31 Å². The quantitative estimate of drug-likeness (QED) is 0.681. The SMILES string of the molecule is Cc1nn(C(C)c2ccccc2F)c(N)c1[N+](=O)[O-]. The van der Waals surface area contributed by atoms with E-state index in [0.717, 1.165) is 0 Å². The number of hydrogen-bond acceptors (Lipinski definition) is 4. The highest BCUT2D eigenvalue weighted by molar-refractivity contribution is 5.56. The van der Waals surface area contributed by atoms with Gasteiger partial charge in [0.25, 0.3) is 0 Å². The molecule has 1 aromatic carbocycles. The van der Waals surface area contributed by atoms with Gasteiger partial charge in [0.05, 0.1) is 11.0 Å². The Balaban J connectivity index is 2.52. The molecule has 0 radical (unpaired) electrons. The van der Waals surface area contributed by atoms with Crippen molar-refractivity contribution in [2.75, 3.05) is 5.73 Å². The summed E-state index contributed by atoms with van der Waals surface area (Å²) in [6, 6.07) is 5.67. The summed E-state index contributed by atoms with van der Waals surface area (Å²) in [5.41, 5.74) is 6.09. The molecule has 0 fully saturated rings. The highest BCUT2D eigenvalue weighted by Crippen LogP contribution is 2.30. The smallest absolute Gasteiger partial charge is 0.333 e. The van der Waals surface area contributed by atoms with E-state index in [4.69, 9.17) is 5.73 Å². The molecule has 1 heterocycles. The number of anilines is 1. The zero-order valence-corrected chi connectivity index (χ0v) is 10.5. The lowest BCUT2D eigenvalue weighted by atomic mass is 10.1. The van der Waals surface area contributed by atoms with Crippen molar-refractivity contribution in [1.82, 2.24) is 9.78 Å². The van der Waals surface area contributed by atoms with Gasteiger partial charge < -0.3 is 5.73 Å². The fourth-order valence-electron chi connectivity index (χ4n) is 2.02. The van der Waals surface area contributed by atoms with Crippen molar-refractivity contribution in [2.45, 2.75) is 19.9 Å². The number of aromatic nitrogens is 2. The number of nitrogens with two attached hydrogens (primary N) is 1. The molecular weight excluding hydrogens is 251 g/mol. The molecule has 100 valence electrons. The van der Waals surface area contributed by atoms with Gasteiger partial charge in [0, 0.05) is 5.56 Å². The van der Waals surface area contributed by atoms with Crippen LogP contribution in [0.15, 0.2) is 24.3 Å². The number of aryl methyl sites for hydroxylation is 1. The van der Waals surface area contributed by atoms with E-state index < -0.39 is 16.8 Å². The third-order valence-corrected chi connectivity index (χ3v) is 2.99. The predicted octanol–water partition coefficient (Wildman–Crippen LogP) is 2.43. The minimum absolute atomic E-state index is 0.0711. The Bertz CT molecular complexity index is 639. The van der Waals surface area contributed by atoms with Gasteiger partial charge in [-0.15, -0.1) is 0 Å². The lowest BCUT2D eigenvalue weighted by molar-refractivity contribution is -0.384. The Morgan fingerprint density at radius 1 is 1.47 bits per heavy atom. The molecule has 1 aromatic heterocycles. The summed E-state index contributed by atoms with van der Waals surface area (Å²) in [6.45, 7) is 3.18. The topological polar surface area (TPSA) is 87.0 Å². The Morgan fingerprint density at radius 3 is 2.63 bits per heavy atom. The normalized spacial score (nSPS) is 12.4. The molecule has 1 atom stereocenters. The van der Waals surface area contributed by atoms with Crippen molar-refractivity contribution in [3.63, 3.8) is 0 Å². The predicted molar refractivity (Wildman–Crippen MR) is 68.2 cm³/mol. The van der Waals surface area contributed by atoms with Gasteiger partial charge in [-0.05, 0) is 19.9 Å². The molecule has 0 aliphatic rings. The third kappa shape index (κ3) is 2.14. The summed E-state index contributed by atoms with van der Waals surface area (Å²) in [5.74, 6) is -0.469. The van der Waals surface area contributed by atoms with Crippen LogP contribution in [0.2, 0.25) is 0 Å². The Kier molecular flexibility index (Phi) is 3.20. The standard InChI is InChI=1S/C12H13FN4O2/c1-7-11(17(18)19)12(14)16(15-7)8(2)9-5-3-4-6-10(9)13/h3-6,8H,14H2,1-2H3. The summed E-state index contributed by atoms with van der Waals surface area (Å²) in [6.07, 6.45) is 0. The summed E-state index contributed by atoms with van der Waals surface area (Å²) in [7, 11) is 0. The molecule has 2 N–H and O–H groups in total. The van der Waals surface area contributed by atoms with Crippen LogP contribution in [0.5, 0.6) is 0 Å². The molecule has 0 aliphatic carbocycles. The van der Waals surface area contributed by atoms with Crippen molar-refractivity contribution in [2.24, 2.45) is 0 Å². The molecule has 0 saturated carbocycles. The molecule has 0 saturated heterocycles. The maximum absolute atomic E-state index is 13.7. The largest absolute Gasteiger partial charge is 0.378 e. The van der Waals surface area contributed by atoms with E-state index >= 15 is 0 Å². The van der Waals surface area contributed by atoms with Gasteiger partial charge >= 0.3 is 5.69 Å². The highest BCUT2D eigenvalue weighted by atomic mass is 19.1. The zero-order chi connectivity index (χ0) is 14.2. The molecule has 19 heavy (non-hydrogen) atoms. The van der Waals surface area contributed by atoms with Crippen LogP contribution >= 0.6 is 0 Å². The van der Waals surface area contributed by atoms with Crippen molar-refractivity contribution in [3.05, 3.63) is 51.5 Å². The number of halogens is 1. The number of rotatable bonds is 3. The minimum Gasteiger partial charge on any atom is -0.378 e. The first-order chi connectivity index (χ1) is 8.93. The summed E-state index contributed by atoms with van der Waals surface area (Å²) in [5, 5.41) is 14.9. The molecule has 1 unspecified atom stereocenters. The molecular formula is C12H13FN4O2. The molecule has 7 heteroatoms. The fraction of sp³-hybridized carbons (Fsp3) is 0.250. The Labute approximate surface area is 108 Å². The van der Waals surface area contributed by atoms with Gasteiger partial charge in [-0.25, -0.2) is 9.07 Å². The van der Waals surface area contributed by atoms with E-state index in [1.165, 1.54) is 17.7 Å². The van der Waals surface area contributed by atoms with E-state index in [0.29, 0.717) is 5.56 Å². The number of nitrogens with zero attached hydrogens (tertiary/aromatic N) is 3. The molecule has 2 aromatic rings. The van der Waals surface area contributed by atoms with Crippen LogP contribution in [-0.2, 0) is 0 Å². The van der Waals surface area contributed by atoms with Crippen molar-refractivity contribution >= 4 is 11.5 Å². The van der Waals surface area contributed by atoms with Crippen molar-refractivity contribution in [1.29, 1.82) is 0 Å². The number of nitrogen functional groups attached to an aromatic ring is 1. The van der Waals surface area contributed by atoms with Gasteiger partial charge in [0.1, 0.15) is 11.5 Å². The zero-order valence-electron chi connectivity index (χ0n) is 10.5. The Hall–Kier alpha value is -2.44. The van der Waals surface area contributed by atoms with Gasteiger partial charge in [0.15, 0.2) is 0 Å². The van der Waals surface area contributed by atoms with E-state index in [1.807, 2.05) is 0 Å². The summed E-state index contributed by atoms with van der Waals surface area (Å²) >= 11 is 0. The first-order valence-corrected chi connectivity index (χ1v) is 5.67. The van der Waals surface area contributed by atoms with Crippen LogP contribution < -0.4 is 5.73 Å². The van der Waals surface area contributed by atoms with E-state index in [1.54, 1.807) is 25.1 Å². The fourth-order valence-corrected chi connectivity index (χ4v) is 2.02. The van der Waals surface area contributed by atoms with Gasteiger partial charge in [-0.3, -0.25) is 10.1 Å². The average Bonchev–Trinajstić information content (AvgIpc) is 2.64. The third-order valence-electron chi connectivity index (χ3n) is 2.99. The van der Waals surface area contributed by atoms with Crippen LogP contribution in [0.25, 0.3) is 0 Å². The molecule has 6 nitrogen and oxygen atoms in total. The summed E-state index contributed by atoms with van der Waals surface area (Å²) in [4.78, 5) is 10.3. The minimum atomic E-state index is -0.581. The lowest BCUT2D eigenvalue weighted by Gasteiger charge is -2.14. The molecule has 0 bridgehead atoms. The Morgan fingerprint density at radius 2 is 2.11 bits per heavy atom. The van der Waals surface area contributed by atoms with E-state index in [9.17, 15) is 14.5 Å². The maximum Gasteiger partial charge on any atom is 0.333 e. The van der Waals surface area contributed by atoms with Crippen LogP contribution in [0.3, 0.4) is 0 Å². The van der Waals surface area contributed by atoms with Gasteiger partial charge in [-0.1, -0.05) is 18.2 Å².